The lowest BCUT2D eigenvalue weighted by Gasteiger charge is -2.24. The van der Waals surface area contributed by atoms with Gasteiger partial charge in [0.1, 0.15) is 0 Å². The first-order valence-electron chi connectivity index (χ1n) is 6.19. The molecular formula is C14H20N2O3. The van der Waals surface area contributed by atoms with Crippen LogP contribution in [0.4, 0.5) is 10.5 Å². The highest BCUT2D eigenvalue weighted by molar-refractivity contribution is 5.95. The van der Waals surface area contributed by atoms with Crippen molar-refractivity contribution in [2.45, 2.75) is 39.7 Å². The second-order valence-corrected chi connectivity index (χ2v) is 5.10. The number of hydrogen-bond donors (Lipinski definition) is 3. The van der Waals surface area contributed by atoms with Crippen molar-refractivity contribution in [1.29, 1.82) is 0 Å². The van der Waals surface area contributed by atoms with Crippen LogP contribution in [0.1, 0.15) is 43.1 Å². The molecule has 0 bridgehead atoms. The maximum Gasteiger partial charge on any atom is 0.336 e. The second kappa shape index (κ2) is 5.73. The third-order valence-corrected chi connectivity index (χ3v) is 3.15. The number of carboxylic acid groups (broad SMARTS) is 1. The largest absolute Gasteiger partial charge is 0.478 e. The van der Waals surface area contributed by atoms with Crippen LogP contribution in [0.3, 0.4) is 0 Å². The summed E-state index contributed by atoms with van der Waals surface area (Å²) >= 11 is 0. The van der Waals surface area contributed by atoms with Crippen molar-refractivity contribution in [2.24, 2.45) is 0 Å². The highest BCUT2D eigenvalue weighted by Crippen LogP contribution is 2.19. The molecule has 19 heavy (non-hydrogen) atoms. The minimum Gasteiger partial charge on any atom is -0.478 e. The van der Waals surface area contributed by atoms with Crippen molar-refractivity contribution in [3.63, 3.8) is 0 Å². The van der Waals surface area contributed by atoms with Crippen LogP contribution in [0, 0.1) is 6.92 Å². The predicted octanol–water partition coefficient (Wildman–Crippen LogP) is 3.00. The van der Waals surface area contributed by atoms with Crippen LogP contribution in [0.2, 0.25) is 0 Å². The van der Waals surface area contributed by atoms with E-state index in [0.717, 1.165) is 6.42 Å². The fourth-order valence-electron chi connectivity index (χ4n) is 1.55. The Bertz CT molecular complexity index is 495. The molecule has 3 N–H and O–H groups in total. The van der Waals surface area contributed by atoms with Crippen molar-refractivity contribution in [2.75, 3.05) is 5.32 Å². The van der Waals surface area contributed by atoms with E-state index in [1.54, 1.807) is 19.1 Å². The number of carboxylic acids is 1. The molecule has 1 rings (SSSR count). The molecular weight excluding hydrogens is 244 g/mol. The van der Waals surface area contributed by atoms with Gasteiger partial charge < -0.3 is 15.7 Å². The summed E-state index contributed by atoms with van der Waals surface area (Å²) < 4.78 is 0. The number of hydrogen-bond acceptors (Lipinski definition) is 2. The molecule has 0 heterocycles. The third kappa shape index (κ3) is 3.98. The SMILES string of the molecule is CCC(C)(C)NC(=O)Nc1cccc(C(=O)O)c1C. The lowest BCUT2D eigenvalue weighted by atomic mass is 10.0. The Balaban J connectivity index is 2.86. The molecule has 0 aromatic heterocycles. The molecule has 0 spiro atoms. The van der Waals surface area contributed by atoms with Gasteiger partial charge in [-0.2, -0.15) is 0 Å². The van der Waals surface area contributed by atoms with Crippen molar-refractivity contribution >= 4 is 17.7 Å². The molecule has 2 amide bonds. The van der Waals surface area contributed by atoms with Gasteiger partial charge in [0.15, 0.2) is 0 Å². The summed E-state index contributed by atoms with van der Waals surface area (Å²) in [5.74, 6) is -1.00. The summed E-state index contributed by atoms with van der Waals surface area (Å²) in [6.45, 7) is 7.50. The lowest BCUT2D eigenvalue weighted by Crippen LogP contribution is -2.45. The zero-order valence-corrected chi connectivity index (χ0v) is 11.7. The van der Waals surface area contributed by atoms with Gasteiger partial charge in [0.2, 0.25) is 0 Å². The smallest absolute Gasteiger partial charge is 0.336 e. The summed E-state index contributed by atoms with van der Waals surface area (Å²) in [7, 11) is 0. The van der Waals surface area contributed by atoms with Gasteiger partial charge >= 0.3 is 12.0 Å². The minimum absolute atomic E-state index is 0.188. The summed E-state index contributed by atoms with van der Waals surface area (Å²) in [5, 5.41) is 14.5. The monoisotopic (exact) mass is 264 g/mol. The Hall–Kier alpha value is -2.04. The van der Waals surface area contributed by atoms with E-state index in [2.05, 4.69) is 10.6 Å². The number of carbonyl (C=O) groups is 2. The summed E-state index contributed by atoms with van der Waals surface area (Å²) in [6.07, 6.45) is 0.800. The summed E-state index contributed by atoms with van der Waals surface area (Å²) in [5.41, 5.74) is 0.930. The van der Waals surface area contributed by atoms with Gasteiger partial charge in [0, 0.05) is 11.2 Å². The lowest BCUT2D eigenvalue weighted by molar-refractivity contribution is 0.0696. The van der Waals surface area contributed by atoms with Crippen LogP contribution >= 0.6 is 0 Å². The van der Waals surface area contributed by atoms with Gasteiger partial charge in [-0.25, -0.2) is 9.59 Å². The molecule has 1 aromatic carbocycles. The molecule has 0 radical (unpaired) electrons. The van der Waals surface area contributed by atoms with E-state index in [1.807, 2.05) is 20.8 Å². The molecule has 0 fully saturated rings. The highest BCUT2D eigenvalue weighted by atomic mass is 16.4. The zero-order valence-electron chi connectivity index (χ0n) is 11.7. The van der Waals surface area contributed by atoms with Crippen LogP contribution in [0.5, 0.6) is 0 Å². The fourth-order valence-corrected chi connectivity index (χ4v) is 1.55. The van der Waals surface area contributed by atoms with Crippen LogP contribution in [0.15, 0.2) is 18.2 Å². The van der Waals surface area contributed by atoms with Crippen LogP contribution < -0.4 is 10.6 Å². The standard InChI is InChI=1S/C14H20N2O3/c1-5-14(3,4)16-13(19)15-11-8-6-7-10(9(11)2)12(17)18/h6-8H,5H2,1-4H3,(H,17,18)(H2,15,16,19). The number of amides is 2. The Morgan fingerprint density at radius 3 is 2.47 bits per heavy atom. The first-order valence-corrected chi connectivity index (χ1v) is 6.19. The number of carbonyl (C=O) groups excluding carboxylic acids is 1. The van der Waals surface area contributed by atoms with Gasteiger partial charge in [-0.3, -0.25) is 0 Å². The van der Waals surface area contributed by atoms with Gasteiger partial charge in [-0.1, -0.05) is 13.0 Å². The van der Waals surface area contributed by atoms with Gasteiger partial charge in [-0.15, -0.1) is 0 Å². The van der Waals surface area contributed by atoms with Gasteiger partial charge in [0.05, 0.1) is 5.56 Å². The average molecular weight is 264 g/mol. The molecule has 0 unspecified atom stereocenters. The molecule has 1 aromatic rings. The van der Waals surface area contributed by atoms with E-state index in [1.165, 1.54) is 6.07 Å². The summed E-state index contributed by atoms with van der Waals surface area (Å²) in [4.78, 5) is 22.9. The van der Waals surface area contributed by atoms with E-state index in [9.17, 15) is 9.59 Å². The highest BCUT2D eigenvalue weighted by Gasteiger charge is 2.18. The van der Waals surface area contributed by atoms with Crippen molar-refractivity contribution in [1.82, 2.24) is 5.32 Å². The Morgan fingerprint density at radius 1 is 1.32 bits per heavy atom. The molecule has 104 valence electrons. The maximum atomic E-state index is 11.9. The van der Waals surface area contributed by atoms with Crippen LogP contribution in [-0.4, -0.2) is 22.6 Å². The predicted molar refractivity (Wildman–Crippen MR) is 74.7 cm³/mol. The Morgan fingerprint density at radius 2 is 1.95 bits per heavy atom. The number of anilines is 1. The Kier molecular flexibility index (Phi) is 4.53. The molecule has 0 saturated heterocycles. The van der Waals surface area contributed by atoms with Crippen LogP contribution in [-0.2, 0) is 0 Å². The topological polar surface area (TPSA) is 78.4 Å². The van der Waals surface area contributed by atoms with Crippen molar-refractivity contribution in [3.05, 3.63) is 29.3 Å². The molecule has 0 saturated carbocycles. The zero-order chi connectivity index (χ0) is 14.6. The van der Waals surface area contributed by atoms with Crippen molar-refractivity contribution in [3.8, 4) is 0 Å². The first-order chi connectivity index (χ1) is 8.76. The number of nitrogens with one attached hydrogen (secondary N) is 2. The maximum absolute atomic E-state index is 11.9. The molecule has 0 aliphatic carbocycles. The number of urea groups is 1. The van der Waals surface area contributed by atoms with Gasteiger partial charge in [-0.05, 0) is 44.9 Å². The fraction of sp³-hybridized carbons (Fsp3) is 0.429. The Labute approximate surface area is 113 Å². The third-order valence-electron chi connectivity index (χ3n) is 3.15. The average Bonchev–Trinajstić information content (AvgIpc) is 2.30. The quantitative estimate of drug-likeness (QED) is 0.782. The molecule has 0 atom stereocenters. The number of benzene rings is 1. The molecule has 0 aliphatic heterocycles. The second-order valence-electron chi connectivity index (χ2n) is 5.10. The summed E-state index contributed by atoms with van der Waals surface area (Å²) in [6, 6.07) is 4.46. The van der Waals surface area contributed by atoms with E-state index < -0.39 is 5.97 Å². The molecule has 5 nitrogen and oxygen atoms in total. The van der Waals surface area contributed by atoms with Crippen molar-refractivity contribution < 1.29 is 14.7 Å². The van der Waals surface area contributed by atoms with E-state index in [0.29, 0.717) is 11.3 Å². The molecule has 5 heteroatoms. The van der Waals surface area contributed by atoms with E-state index in [4.69, 9.17) is 5.11 Å². The van der Waals surface area contributed by atoms with Crippen LogP contribution in [0.25, 0.3) is 0 Å². The number of rotatable bonds is 4. The van der Waals surface area contributed by atoms with Gasteiger partial charge in [0.25, 0.3) is 0 Å². The minimum atomic E-state index is -1.00. The molecule has 0 aliphatic rings. The van der Waals surface area contributed by atoms with E-state index in [-0.39, 0.29) is 17.1 Å². The first kappa shape index (κ1) is 15.0. The number of aromatic carboxylic acids is 1. The van der Waals surface area contributed by atoms with E-state index >= 15 is 0 Å². The normalized spacial score (nSPS) is 10.9.